The smallest absolute Gasteiger partial charge is 0.315 e. The summed E-state index contributed by atoms with van der Waals surface area (Å²) in [6, 6.07) is 13.8. The fourth-order valence-electron chi connectivity index (χ4n) is 2.02. The fourth-order valence-corrected chi connectivity index (χ4v) is 2.61. The summed E-state index contributed by atoms with van der Waals surface area (Å²) >= 11 is 9.28. The van der Waals surface area contributed by atoms with Gasteiger partial charge in [0.15, 0.2) is 0 Å². The van der Waals surface area contributed by atoms with Crippen LogP contribution < -0.4 is 16.0 Å². The van der Waals surface area contributed by atoms with E-state index in [0.29, 0.717) is 10.7 Å². The van der Waals surface area contributed by atoms with E-state index < -0.39 is 6.03 Å². The molecule has 0 aromatic heterocycles. The second-order valence-electron chi connectivity index (χ2n) is 5.13. The number of para-hydroxylation sites is 1. The molecule has 0 aliphatic heterocycles. The molecule has 0 aliphatic rings. The zero-order valence-corrected chi connectivity index (χ0v) is 15.3. The number of halogens is 2. The highest BCUT2D eigenvalue weighted by molar-refractivity contribution is 9.10. The lowest BCUT2D eigenvalue weighted by Gasteiger charge is -2.15. The van der Waals surface area contributed by atoms with Crippen molar-refractivity contribution in [3.05, 3.63) is 63.6 Å². The second-order valence-corrected chi connectivity index (χ2v) is 6.42. The Kier molecular flexibility index (Phi) is 6.63. The molecule has 2 aromatic carbocycles. The van der Waals surface area contributed by atoms with Gasteiger partial charge in [-0.25, -0.2) is 4.79 Å². The molecule has 7 heteroatoms. The summed E-state index contributed by atoms with van der Waals surface area (Å²) < 4.78 is 0.775. The van der Waals surface area contributed by atoms with Gasteiger partial charge in [0, 0.05) is 9.50 Å². The molecule has 1 atom stereocenters. The van der Waals surface area contributed by atoms with Gasteiger partial charge in [-0.05, 0) is 52.7 Å². The van der Waals surface area contributed by atoms with Gasteiger partial charge >= 0.3 is 6.03 Å². The van der Waals surface area contributed by atoms with E-state index >= 15 is 0 Å². The van der Waals surface area contributed by atoms with Crippen LogP contribution in [-0.4, -0.2) is 18.5 Å². The molecule has 0 fully saturated rings. The molecular formula is C17H17BrClN3O2. The zero-order valence-electron chi connectivity index (χ0n) is 13.0. The Balaban J connectivity index is 1.80. The van der Waals surface area contributed by atoms with Crippen LogP contribution >= 0.6 is 27.5 Å². The van der Waals surface area contributed by atoms with Crippen LogP contribution in [0, 0.1) is 0 Å². The number of anilines is 1. The van der Waals surface area contributed by atoms with Crippen LogP contribution in [-0.2, 0) is 4.79 Å². The van der Waals surface area contributed by atoms with Crippen molar-refractivity contribution in [3.63, 3.8) is 0 Å². The van der Waals surface area contributed by atoms with Crippen LogP contribution in [0.3, 0.4) is 0 Å². The van der Waals surface area contributed by atoms with Crippen LogP contribution in [0.25, 0.3) is 0 Å². The molecule has 0 saturated heterocycles. The van der Waals surface area contributed by atoms with Gasteiger partial charge in [-0.3, -0.25) is 4.79 Å². The van der Waals surface area contributed by atoms with Gasteiger partial charge in [0.25, 0.3) is 0 Å². The molecule has 0 bridgehead atoms. The van der Waals surface area contributed by atoms with Crippen LogP contribution in [0.4, 0.5) is 10.5 Å². The molecule has 24 heavy (non-hydrogen) atoms. The van der Waals surface area contributed by atoms with Crippen molar-refractivity contribution >= 4 is 45.2 Å². The summed E-state index contributed by atoms with van der Waals surface area (Å²) in [5.41, 5.74) is 1.53. The Bertz CT molecular complexity index is 739. The largest absolute Gasteiger partial charge is 0.332 e. The summed E-state index contributed by atoms with van der Waals surface area (Å²) in [7, 11) is 0. The number of urea groups is 1. The van der Waals surface area contributed by atoms with Crippen LogP contribution in [0.5, 0.6) is 0 Å². The predicted octanol–water partition coefficient (Wildman–Crippen LogP) is 4.10. The highest BCUT2D eigenvalue weighted by Gasteiger charge is 2.11. The minimum atomic E-state index is -0.426. The van der Waals surface area contributed by atoms with Gasteiger partial charge in [0.05, 0.1) is 18.3 Å². The number of amides is 3. The van der Waals surface area contributed by atoms with E-state index in [4.69, 9.17) is 11.6 Å². The number of carbonyl (C=O) groups is 2. The highest BCUT2D eigenvalue weighted by Crippen LogP contribution is 2.21. The summed E-state index contributed by atoms with van der Waals surface area (Å²) in [5.74, 6) is -0.313. The third-order valence-electron chi connectivity index (χ3n) is 3.25. The average molecular weight is 411 g/mol. The molecule has 0 radical (unpaired) electrons. The van der Waals surface area contributed by atoms with Crippen molar-refractivity contribution in [1.29, 1.82) is 0 Å². The molecule has 0 heterocycles. The monoisotopic (exact) mass is 409 g/mol. The Hall–Kier alpha value is -2.05. The van der Waals surface area contributed by atoms with Gasteiger partial charge in [-0.1, -0.05) is 35.9 Å². The number of carbonyl (C=O) groups excluding carboxylic acids is 2. The highest BCUT2D eigenvalue weighted by atomic mass is 79.9. The Morgan fingerprint density at radius 2 is 1.92 bits per heavy atom. The molecule has 0 unspecified atom stereocenters. The van der Waals surface area contributed by atoms with E-state index in [2.05, 4.69) is 31.9 Å². The number of hydrogen-bond donors (Lipinski definition) is 3. The molecule has 2 rings (SSSR count). The van der Waals surface area contributed by atoms with E-state index in [0.717, 1.165) is 10.0 Å². The topological polar surface area (TPSA) is 70.2 Å². The van der Waals surface area contributed by atoms with E-state index in [-0.39, 0.29) is 18.5 Å². The number of benzene rings is 2. The first-order valence-electron chi connectivity index (χ1n) is 7.30. The maximum absolute atomic E-state index is 11.9. The summed E-state index contributed by atoms with van der Waals surface area (Å²) in [5, 5.41) is 8.60. The summed E-state index contributed by atoms with van der Waals surface area (Å²) in [6.45, 7) is 1.71. The third-order valence-corrected chi connectivity index (χ3v) is 4.18. The van der Waals surface area contributed by atoms with Crippen LogP contribution in [0.2, 0.25) is 5.02 Å². The van der Waals surface area contributed by atoms with Gasteiger partial charge in [-0.15, -0.1) is 0 Å². The first-order chi connectivity index (χ1) is 11.5. The van der Waals surface area contributed by atoms with Crippen molar-refractivity contribution < 1.29 is 9.59 Å². The van der Waals surface area contributed by atoms with Crippen molar-refractivity contribution in [3.8, 4) is 0 Å². The fraction of sp³-hybridized carbons (Fsp3) is 0.176. The molecular weight excluding hydrogens is 394 g/mol. The molecule has 126 valence electrons. The third kappa shape index (κ3) is 5.54. The van der Waals surface area contributed by atoms with E-state index in [1.165, 1.54) is 0 Å². The van der Waals surface area contributed by atoms with Gasteiger partial charge < -0.3 is 16.0 Å². The second kappa shape index (κ2) is 8.70. The molecule has 0 saturated carbocycles. The van der Waals surface area contributed by atoms with Crippen LogP contribution in [0.15, 0.2) is 53.0 Å². The van der Waals surface area contributed by atoms with E-state index in [1.807, 2.05) is 37.3 Å². The lowest BCUT2D eigenvalue weighted by molar-refractivity contribution is -0.115. The van der Waals surface area contributed by atoms with Gasteiger partial charge in [-0.2, -0.15) is 0 Å². The number of rotatable bonds is 5. The first kappa shape index (κ1) is 18.3. The molecule has 5 nitrogen and oxygen atoms in total. The molecule has 0 spiro atoms. The average Bonchev–Trinajstić information content (AvgIpc) is 2.55. The Morgan fingerprint density at radius 1 is 1.17 bits per heavy atom. The molecule has 3 N–H and O–H groups in total. The minimum absolute atomic E-state index is 0.130. The maximum atomic E-state index is 11.9. The molecule has 3 amide bonds. The lowest BCUT2D eigenvalue weighted by atomic mass is 10.1. The predicted molar refractivity (Wildman–Crippen MR) is 99.2 cm³/mol. The van der Waals surface area contributed by atoms with E-state index in [1.54, 1.807) is 18.2 Å². The Labute approximate surface area is 153 Å². The van der Waals surface area contributed by atoms with E-state index in [9.17, 15) is 9.59 Å². The molecule has 2 aromatic rings. The lowest BCUT2D eigenvalue weighted by Crippen LogP contribution is -2.41. The normalized spacial score (nSPS) is 11.5. The van der Waals surface area contributed by atoms with Gasteiger partial charge in [0.1, 0.15) is 0 Å². The van der Waals surface area contributed by atoms with Crippen LogP contribution in [0.1, 0.15) is 18.5 Å². The zero-order chi connectivity index (χ0) is 17.5. The summed E-state index contributed by atoms with van der Waals surface area (Å²) in [6.07, 6.45) is 0. The number of nitrogens with one attached hydrogen (secondary N) is 3. The SMILES string of the molecule is C[C@H](NC(=O)NCC(=O)Nc1ccccc1Br)c1cccc(Cl)c1. The Morgan fingerprint density at radius 3 is 2.62 bits per heavy atom. The van der Waals surface area contributed by atoms with Crippen molar-refractivity contribution in [2.75, 3.05) is 11.9 Å². The molecule has 0 aliphatic carbocycles. The van der Waals surface area contributed by atoms with Crippen molar-refractivity contribution in [1.82, 2.24) is 10.6 Å². The first-order valence-corrected chi connectivity index (χ1v) is 8.47. The van der Waals surface area contributed by atoms with Crippen molar-refractivity contribution in [2.45, 2.75) is 13.0 Å². The standard InChI is InChI=1S/C17H17BrClN3O2/c1-11(12-5-4-6-13(19)9-12)21-17(24)20-10-16(23)22-15-8-3-2-7-14(15)18/h2-9,11H,10H2,1H3,(H,22,23)(H2,20,21,24)/t11-/m0/s1. The quantitative estimate of drug-likeness (QED) is 0.694. The van der Waals surface area contributed by atoms with Gasteiger partial charge in [0.2, 0.25) is 5.91 Å². The van der Waals surface area contributed by atoms with Crippen molar-refractivity contribution in [2.24, 2.45) is 0 Å². The summed E-state index contributed by atoms with van der Waals surface area (Å²) in [4.78, 5) is 23.8. The maximum Gasteiger partial charge on any atom is 0.315 e. The minimum Gasteiger partial charge on any atom is -0.332 e. The number of hydrogen-bond acceptors (Lipinski definition) is 2.